The molecule has 0 aromatic heterocycles. The maximum Gasteiger partial charge on any atom is 0.123 e. The van der Waals surface area contributed by atoms with Crippen LogP contribution in [0.4, 0.5) is 4.39 Å². The average molecular weight is 239 g/mol. The summed E-state index contributed by atoms with van der Waals surface area (Å²) in [6.07, 6.45) is 1.97. The third-order valence-corrected chi connectivity index (χ3v) is 2.99. The van der Waals surface area contributed by atoms with Crippen LogP contribution in [-0.2, 0) is 11.2 Å². The summed E-state index contributed by atoms with van der Waals surface area (Å²) < 4.78 is 18.0. The predicted molar refractivity (Wildman–Crippen MR) is 68.8 cm³/mol. The van der Waals surface area contributed by atoms with Crippen molar-refractivity contribution in [2.24, 2.45) is 0 Å². The molecule has 96 valence electrons. The monoisotopic (exact) mass is 239 g/mol. The van der Waals surface area contributed by atoms with Crippen LogP contribution in [0.15, 0.2) is 18.2 Å². The Balaban J connectivity index is 2.39. The molecule has 1 rings (SSSR count). The number of ether oxygens (including phenoxy) is 1. The zero-order valence-corrected chi connectivity index (χ0v) is 10.9. The van der Waals surface area contributed by atoms with Gasteiger partial charge in [-0.1, -0.05) is 13.0 Å². The first-order valence-corrected chi connectivity index (χ1v) is 6.14. The lowest BCUT2D eigenvalue weighted by Crippen LogP contribution is -2.34. The second-order valence-electron chi connectivity index (χ2n) is 4.34. The molecule has 1 aromatic carbocycles. The van der Waals surface area contributed by atoms with Gasteiger partial charge in [0.15, 0.2) is 0 Å². The van der Waals surface area contributed by atoms with Gasteiger partial charge in [0, 0.05) is 13.2 Å². The summed E-state index contributed by atoms with van der Waals surface area (Å²) in [7, 11) is 1.72. The molecule has 0 radical (unpaired) electrons. The first-order chi connectivity index (χ1) is 8.17. The minimum atomic E-state index is -0.162. The van der Waals surface area contributed by atoms with Gasteiger partial charge in [-0.2, -0.15) is 0 Å². The van der Waals surface area contributed by atoms with E-state index in [9.17, 15) is 4.39 Å². The standard InChI is InChI=1S/C14H22FNO/c1-4-14(10-17-3)16-8-7-12-5-6-13(15)9-11(12)2/h5-6,9,14,16H,4,7-8,10H2,1-3H3. The fraction of sp³-hybridized carbons (Fsp3) is 0.571. The lowest BCUT2D eigenvalue weighted by atomic mass is 10.1. The summed E-state index contributed by atoms with van der Waals surface area (Å²) in [5.41, 5.74) is 2.22. The Morgan fingerprint density at radius 2 is 2.18 bits per heavy atom. The first kappa shape index (κ1) is 14.1. The first-order valence-electron chi connectivity index (χ1n) is 6.14. The van der Waals surface area contributed by atoms with Crippen LogP contribution in [-0.4, -0.2) is 26.3 Å². The van der Waals surface area contributed by atoms with Gasteiger partial charge < -0.3 is 10.1 Å². The molecule has 0 bridgehead atoms. The average Bonchev–Trinajstić information content (AvgIpc) is 2.30. The molecule has 2 nitrogen and oxygen atoms in total. The molecule has 1 atom stereocenters. The van der Waals surface area contributed by atoms with Crippen molar-refractivity contribution in [1.82, 2.24) is 5.32 Å². The molecular weight excluding hydrogens is 217 g/mol. The highest BCUT2D eigenvalue weighted by atomic mass is 19.1. The Labute approximate surface area is 103 Å². The van der Waals surface area contributed by atoms with Crippen molar-refractivity contribution >= 4 is 0 Å². The van der Waals surface area contributed by atoms with Gasteiger partial charge in [-0.3, -0.25) is 0 Å². The minimum absolute atomic E-state index is 0.162. The fourth-order valence-corrected chi connectivity index (χ4v) is 1.87. The normalized spacial score (nSPS) is 12.7. The van der Waals surface area contributed by atoms with Crippen LogP contribution < -0.4 is 5.32 Å². The van der Waals surface area contributed by atoms with Crippen molar-refractivity contribution in [2.75, 3.05) is 20.3 Å². The van der Waals surface area contributed by atoms with E-state index in [0.717, 1.165) is 31.6 Å². The van der Waals surface area contributed by atoms with E-state index in [1.165, 1.54) is 11.6 Å². The Kier molecular flexibility index (Phi) is 6.16. The van der Waals surface area contributed by atoms with Crippen LogP contribution in [0, 0.1) is 12.7 Å². The smallest absolute Gasteiger partial charge is 0.123 e. The van der Waals surface area contributed by atoms with Gasteiger partial charge in [0.05, 0.1) is 6.61 Å². The number of halogens is 1. The topological polar surface area (TPSA) is 21.3 Å². The van der Waals surface area contributed by atoms with E-state index in [0.29, 0.717) is 6.04 Å². The molecule has 0 spiro atoms. The Bertz CT molecular complexity index is 341. The highest BCUT2D eigenvalue weighted by Gasteiger charge is 2.05. The SMILES string of the molecule is CCC(COC)NCCc1ccc(F)cc1C. The highest BCUT2D eigenvalue weighted by Crippen LogP contribution is 2.10. The Hall–Kier alpha value is -0.930. The van der Waals surface area contributed by atoms with Crippen molar-refractivity contribution in [1.29, 1.82) is 0 Å². The number of nitrogens with one attached hydrogen (secondary N) is 1. The van der Waals surface area contributed by atoms with Crippen LogP contribution in [0.25, 0.3) is 0 Å². The molecule has 0 saturated carbocycles. The molecule has 1 aromatic rings. The fourth-order valence-electron chi connectivity index (χ4n) is 1.87. The zero-order valence-electron chi connectivity index (χ0n) is 10.9. The number of hydrogen-bond donors (Lipinski definition) is 1. The minimum Gasteiger partial charge on any atom is -0.383 e. The maximum absolute atomic E-state index is 12.9. The number of aryl methyl sites for hydroxylation is 1. The second kappa shape index (κ2) is 7.41. The van der Waals surface area contributed by atoms with Crippen molar-refractivity contribution in [3.63, 3.8) is 0 Å². The van der Waals surface area contributed by atoms with Gasteiger partial charge in [0.2, 0.25) is 0 Å². The van der Waals surface area contributed by atoms with E-state index in [1.807, 2.05) is 13.0 Å². The van der Waals surface area contributed by atoms with E-state index < -0.39 is 0 Å². The van der Waals surface area contributed by atoms with Crippen LogP contribution in [0.1, 0.15) is 24.5 Å². The van der Waals surface area contributed by atoms with Gasteiger partial charge in [-0.05, 0) is 49.6 Å². The summed E-state index contributed by atoms with van der Waals surface area (Å²) in [5.74, 6) is -0.162. The molecule has 0 amide bonds. The van der Waals surface area contributed by atoms with E-state index in [1.54, 1.807) is 13.2 Å². The van der Waals surface area contributed by atoms with Crippen molar-refractivity contribution in [2.45, 2.75) is 32.7 Å². The molecule has 1 unspecified atom stereocenters. The third kappa shape index (κ3) is 4.84. The number of benzene rings is 1. The van der Waals surface area contributed by atoms with Crippen molar-refractivity contribution in [3.05, 3.63) is 35.1 Å². The van der Waals surface area contributed by atoms with E-state index in [4.69, 9.17) is 4.74 Å². The molecule has 17 heavy (non-hydrogen) atoms. The summed E-state index contributed by atoms with van der Waals surface area (Å²) in [4.78, 5) is 0. The van der Waals surface area contributed by atoms with Gasteiger partial charge >= 0.3 is 0 Å². The van der Waals surface area contributed by atoms with Crippen molar-refractivity contribution in [3.8, 4) is 0 Å². The van der Waals surface area contributed by atoms with Crippen LogP contribution >= 0.6 is 0 Å². The number of methoxy groups -OCH3 is 1. The Morgan fingerprint density at radius 3 is 2.76 bits per heavy atom. The lowest BCUT2D eigenvalue weighted by molar-refractivity contribution is 0.165. The van der Waals surface area contributed by atoms with Crippen LogP contribution in [0.2, 0.25) is 0 Å². The number of hydrogen-bond acceptors (Lipinski definition) is 2. The van der Waals surface area contributed by atoms with Gasteiger partial charge in [-0.15, -0.1) is 0 Å². The van der Waals surface area contributed by atoms with Crippen LogP contribution in [0.5, 0.6) is 0 Å². The molecule has 0 heterocycles. The molecule has 1 N–H and O–H groups in total. The van der Waals surface area contributed by atoms with Crippen LogP contribution in [0.3, 0.4) is 0 Å². The van der Waals surface area contributed by atoms with Gasteiger partial charge in [0.1, 0.15) is 5.82 Å². The summed E-state index contributed by atoms with van der Waals surface area (Å²) >= 11 is 0. The predicted octanol–water partition coefficient (Wildman–Crippen LogP) is 2.69. The van der Waals surface area contributed by atoms with Gasteiger partial charge in [-0.25, -0.2) is 4.39 Å². The summed E-state index contributed by atoms with van der Waals surface area (Å²) in [5, 5.41) is 3.44. The quantitative estimate of drug-likeness (QED) is 0.790. The van der Waals surface area contributed by atoms with Gasteiger partial charge in [0.25, 0.3) is 0 Å². The third-order valence-electron chi connectivity index (χ3n) is 2.99. The molecule has 0 saturated heterocycles. The maximum atomic E-state index is 12.9. The summed E-state index contributed by atoms with van der Waals surface area (Å²) in [6.45, 7) is 5.72. The molecule has 0 fully saturated rings. The van der Waals surface area contributed by atoms with E-state index in [-0.39, 0.29) is 5.82 Å². The highest BCUT2D eigenvalue weighted by molar-refractivity contribution is 5.26. The molecule has 0 aliphatic heterocycles. The number of rotatable bonds is 7. The largest absolute Gasteiger partial charge is 0.383 e. The Morgan fingerprint density at radius 1 is 1.41 bits per heavy atom. The second-order valence-corrected chi connectivity index (χ2v) is 4.34. The molecular formula is C14H22FNO. The lowest BCUT2D eigenvalue weighted by Gasteiger charge is -2.16. The van der Waals surface area contributed by atoms with E-state index in [2.05, 4.69) is 12.2 Å². The van der Waals surface area contributed by atoms with Crippen molar-refractivity contribution < 1.29 is 9.13 Å². The molecule has 3 heteroatoms. The zero-order chi connectivity index (χ0) is 12.7. The van der Waals surface area contributed by atoms with E-state index >= 15 is 0 Å². The molecule has 0 aliphatic carbocycles. The summed E-state index contributed by atoms with van der Waals surface area (Å²) in [6, 6.07) is 5.38. The molecule has 0 aliphatic rings.